The van der Waals surface area contributed by atoms with E-state index < -0.39 is 6.10 Å². The minimum Gasteiger partial charge on any atom is -0.391 e. The molecule has 0 aliphatic carbocycles. The Hall–Kier alpha value is -3.33. The van der Waals surface area contributed by atoms with Gasteiger partial charge in [0.2, 0.25) is 0 Å². The quantitative estimate of drug-likeness (QED) is 0.395. The Bertz CT molecular complexity index is 1320. The molecule has 2 heterocycles. The Morgan fingerprint density at radius 2 is 1.69 bits per heavy atom. The number of H-pyrrole nitrogens is 1. The molecule has 1 fully saturated rings. The molecule has 0 spiro atoms. The molecule has 35 heavy (non-hydrogen) atoms. The summed E-state index contributed by atoms with van der Waals surface area (Å²) in [7, 11) is 1.72. The third kappa shape index (κ3) is 4.91. The lowest BCUT2D eigenvalue weighted by Gasteiger charge is -2.38. The van der Waals surface area contributed by atoms with Gasteiger partial charge in [0.15, 0.2) is 0 Å². The van der Waals surface area contributed by atoms with Crippen molar-refractivity contribution in [2.24, 2.45) is 7.05 Å². The zero-order valence-electron chi connectivity index (χ0n) is 19.2. The predicted octanol–water partition coefficient (Wildman–Crippen LogP) is 3.58. The van der Waals surface area contributed by atoms with E-state index in [9.17, 15) is 18.7 Å². The van der Waals surface area contributed by atoms with Crippen molar-refractivity contribution in [3.8, 4) is 0 Å². The summed E-state index contributed by atoms with van der Waals surface area (Å²) >= 11 is 0. The number of aliphatic hydroxyl groups is 1. The molecule has 1 aliphatic rings. The Balaban J connectivity index is 1.29. The molecule has 3 aromatic carbocycles. The molecule has 4 aromatic rings. The van der Waals surface area contributed by atoms with Gasteiger partial charge in [-0.1, -0.05) is 30.3 Å². The topological polar surface area (TPSA) is 79.3 Å². The molecular formula is C27H27F2N3O3. The fraction of sp³-hybridized carbons (Fsp3) is 0.296. The number of hydrogen-bond donors (Lipinski definition) is 3. The van der Waals surface area contributed by atoms with Crippen molar-refractivity contribution in [1.82, 2.24) is 14.9 Å². The molecule has 0 amide bonds. The lowest BCUT2D eigenvalue weighted by molar-refractivity contribution is -0.0718. The van der Waals surface area contributed by atoms with Gasteiger partial charge in [-0.3, -0.25) is 4.57 Å². The number of ether oxygens (including phenoxy) is 1. The van der Waals surface area contributed by atoms with Gasteiger partial charge < -0.3 is 20.1 Å². The second kappa shape index (κ2) is 9.73. The Labute approximate surface area is 201 Å². The number of benzene rings is 3. The summed E-state index contributed by atoms with van der Waals surface area (Å²) in [6.45, 7) is 0.789. The second-order valence-electron chi connectivity index (χ2n) is 9.08. The van der Waals surface area contributed by atoms with E-state index in [2.05, 4.69) is 10.3 Å². The van der Waals surface area contributed by atoms with Crippen LogP contribution in [-0.4, -0.2) is 39.5 Å². The Kier molecular flexibility index (Phi) is 6.51. The summed E-state index contributed by atoms with van der Waals surface area (Å²) in [5.41, 5.74) is 4.08. The summed E-state index contributed by atoms with van der Waals surface area (Å²) in [6, 6.07) is 17.9. The number of imidazole rings is 1. The van der Waals surface area contributed by atoms with Gasteiger partial charge >= 0.3 is 5.69 Å². The second-order valence-corrected chi connectivity index (χ2v) is 9.08. The maximum Gasteiger partial charge on any atom is 0.326 e. The highest BCUT2D eigenvalue weighted by Crippen LogP contribution is 2.35. The van der Waals surface area contributed by atoms with Crippen LogP contribution in [0.25, 0.3) is 11.0 Å². The summed E-state index contributed by atoms with van der Waals surface area (Å²) in [5, 5.41) is 14.3. The molecule has 1 aliphatic heterocycles. The van der Waals surface area contributed by atoms with Gasteiger partial charge in [0.05, 0.1) is 35.9 Å². The lowest BCUT2D eigenvalue weighted by atomic mass is 9.82. The van der Waals surface area contributed by atoms with Crippen LogP contribution in [0.3, 0.4) is 0 Å². The van der Waals surface area contributed by atoms with Crippen LogP contribution in [-0.2, 0) is 18.3 Å². The number of fused-ring (bicyclic) bond motifs is 1. The zero-order valence-corrected chi connectivity index (χ0v) is 19.2. The minimum absolute atomic E-state index is 0.163. The fourth-order valence-electron chi connectivity index (χ4n) is 4.84. The molecule has 0 radical (unpaired) electrons. The van der Waals surface area contributed by atoms with Crippen LogP contribution in [0.1, 0.15) is 29.0 Å². The number of aryl methyl sites for hydroxylation is 1. The maximum atomic E-state index is 13.5. The standard InChI is InChI=1S/C27H27F2N3O3/c1-32-23-11-2-16(12-21(23)31-27(32)34)14-30-22-15-35-25(13-24(22)33)26(17-3-7-19(28)8-4-17)18-5-9-20(29)10-6-18/h2-12,22,24-26,30,33H,13-15H2,1H3,(H,31,34)/t22-,24-,25+/m1/s1. The van der Waals surface area contributed by atoms with Crippen molar-refractivity contribution in [2.45, 2.75) is 37.1 Å². The maximum absolute atomic E-state index is 13.5. The normalized spacial score (nSPS) is 20.5. The van der Waals surface area contributed by atoms with Crippen molar-refractivity contribution < 1.29 is 18.6 Å². The van der Waals surface area contributed by atoms with Gasteiger partial charge in [-0.25, -0.2) is 13.6 Å². The first-order valence-corrected chi connectivity index (χ1v) is 11.6. The van der Waals surface area contributed by atoms with Crippen LogP contribution in [0.15, 0.2) is 71.5 Å². The highest BCUT2D eigenvalue weighted by molar-refractivity contribution is 5.75. The van der Waals surface area contributed by atoms with Crippen LogP contribution in [0, 0.1) is 11.6 Å². The van der Waals surface area contributed by atoms with Crippen LogP contribution < -0.4 is 11.0 Å². The number of nitrogens with one attached hydrogen (secondary N) is 2. The fourth-order valence-corrected chi connectivity index (χ4v) is 4.84. The average Bonchev–Trinajstić information content (AvgIpc) is 3.14. The number of aliphatic hydroxyl groups excluding tert-OH is 1. The van der Waals surface area contributed by atoms with E-state index in [1.807, 2.05) is 18.2 Å². The zero-order chi connectivity index (χ0) is 24.5. The van der Waals surface area contributed by atoms with Crippen molar-refractivity contribution >= 4 is 11.0 Å². The van der Waals surface area contributed by atoms with Gasteiger partial charge in [0.25, 0.3) is 0 Å². The van der Waals surface area contributed by atoms with Crippen LogP contribution in [0.5, 0.6) is 0 Å². The van der Waals surface area contributed by atoms with Gasteiger partial charge in [-0.2, -0.15) is 0 Å². The lowest BCUT2D eigenvalue weighted by Crippen LogP contribution is -2.50. The molecule has 0 saturated carbocycles. The Morgan fingerprint density at radius 3 is 2.29 bits per heavy atom. The summed E-state index contributed by atoms with van der Waals surface area (Å²) in [5.74, 6) is -0.944. The van der Waals surface area contributed by atoms with Gasteiger partial charge in [-0.05, 0) is 53.1 Å². The molecule has 0 unspecified atom stereocenters. The van der Waals surface area contributed by atoms with Crippen LogP contribution in [0.4, 0.5) is 8.78 Å². The number of aromatic nitrogens is 2. The summed E-state index contributed by atoms with van der Waals surface area (Å²) in [4.78, 5) is 14.7. The molecule has 5 rings (SSSR count). The monoisotopic (exact) mass is 479 g/mol. The molecule has 3 N–H and O–H groups in total. The molecule has 1 saturated heterocycles. The largest absolute Gasteiger partial charge is 0.391 e. The third-order valence-corrected chi connectivity index (χ3v) is 6.80. The first-order valence-electron chi connectivity index (χ1n) is 11.6. The third-order valence-electron chi connectivity index (χ3n) is 6.80. The predicted molar refractivity (Wildman–Crippen MR) is 129 cm³/mol. The van der Waals surface area contributed by atoms with E-state index in [0.717, 1.165) is 27.7 Å². The van der Waals surface area contributed by atoms with E-state index in [1.54, 1.807) is 35.9 Å². The van der Waals surface area contributed by atoms with E-state index in [4.69, 9.17) is 4.74 Å². The van der Waals surface area contributed by atoms with Crippen molar-refractivity contribution in [3.63, 3.8) is 0 Å². The van der Waals surface area contributed by atoms with Crippen molar-refractivity contribution in [1.29, 1.82) is 0 Å². The molecule has 6 nitrogen and oxygen atoms in total. The molecule has 1 aromatic heterocycles. The van der Waals surface area contributed by atoms with Gasteiger partial charge in [0, 0.05) is 25.9 Å². The summed E-state index contributed by atoms with van der Waals surface area (Å²) < 4.78 is 34.9. The number of hydrogen-bond acceptors (Lipinski definition) is 4. The van der Waals surface area contributed by atoms with E-state index in [1.165, 1.54) is 24.3 Å². The Morgan fingerprint density at radius 1 is 1.06 bits per heavy atom. The first kappa shape index (κ1) is 23.4. The smallest absolute Gasteiger partial charge is 0.326 e. The minimum atomic E-state index is -0.669. The number of aromatic amines is 1. The van der Waals surface area contributed by atoms with Gasteiger partial charge in [-0.15, -0.1) is 0 Å². The number of nitrogens with zero attached hydrogens (tertiary/aromatic N) is 1. The number of halogens is 2. The van der Waals surface area contributed by atoms with Crippen molar-refractivity contribution in [2.75, 3.05) is 6.61 Å². The van der Waals surface area contributed by atoms with Crippen molar-refractivity contribution in [3.05, 3.63) is 106 Å². The highest BCUT2D eigenvalue weighted by Gasteiger charge is 2.35. The van der Waals surface area contributed by atoms with Crippen LogP contribution >= 0.6 is 0 Å². The molecule has 182 valence electrons. The molecule has 8 heteroatoms. The summed E-state index contributed by atoms with van der Waals surface area (Å²) in [6.07, 6.45) is -0.663. The number of rotatable bonds is 6. The van der Waals surface area contributed by atoms with Gasteiger partial charge in [0.1, 0.15) is 11.6 Å². The molecule has 3 atom stereocenters. The molecule has 0 bridgehead atoms. The molecular weight excluding hydrogens is 452 g/mol. The van der Waals surface area contributed by atoms with E-state index >= 15 is 0 Å². The SMILES string of the molecule is Cn1c(=O)[nH]c2cc(CN[C@@H]3CO[C@H](C(c4ccc(F)cc4)c4ccc(F)cc4)C[C@H]3O)ccc21. The van der Waals surface area contributed by atoms with E-state index in [0.29, 0.717) is 13.0 Å². The van der Waals surface area contributed by atoms with E-state index in [-0.39, 0.29) is 42.0 Å². The first-order chi connectivity index (χ1) is 16.9. The van der Waals surface area contributed by atoms with Crippen LogP contribution in [0.2, 0.25) is 0 Å². The average molecular weight is 480 g/mol. The highest BCUT2D eigenvalue weighted by atomic mass is 19.1.